The van der Waals surface area contributed by atoms with E-state index in [0.717, 1.165) is 12.0 Å². The predicted octanol–water partition coefficient (Wildman–Crippen LogP) is 2.47. The van der Waals surface area contributed by atoms with E-state index in [0.29, 0.717) is 29.8 Å². The van der Waals surface area contributed by atoms with Crippen LogP contribution in [-0.4, -0.2) is 31.6 Å². The third-order valence-corrected chi connectivity index (χ3v) is 2.69. The first-order valence-electron chi connectivity index (χ1n) is 6.70. The summed E-state index contributed by atoms with van der Waals surface area (Å²) in [6.45, 7) is 6.86. The van der Waals surface area contributed by atoms with E-state index < -0.39 is 0 Å². The molecule has 1 aromatic carbocycles. The number of rotatable bonds is 8. The van der Waals surface area contributed by atoms with E-state index in [1.165, 1.54) is 0 Å². The fraction of sp³-hybridized carbons (Fsp3) is 0.333. The lowest BCUT2D eigenvalue weighted by Gasteiger charge is -2.12. The van der Waals surface area contributed by atoms with Gasteiger partial charge in [0.1, 0.15) is 0 Å². The number of methoxy groups -OCH3 is 1. The van der Waals surface area contributed by atoms with Gasteiger partial charge in [-0.25, -0.2) is 0 Å². The summed E-state index contributed by atoms with van der Waals surface area (Å²) in [6.07, 6.45) is 4.29. The van der Waals surface area contributed by atoms with Crippen LogP contribution in [0.2, 0.25) is 0 Å². The van der Waals surface area contributed by atoms with E-state index in [1.807, 2.05) is 18.2 Å². The summed E-state index contributed by atoms with van der Waals surface area (Å²) in [5, 5.41) is 7.45. The van der Waals surface area contributed by atoms with Crippen molar-refractivity contribution >= 4 is 23.5 Å². The Morgan fingerprint density at radius 2 is 2.29 bits per heavy atom. The van der Waals surface area contributed by atoms with Gasteiger partial charge in [0.05, 0.1) is 19.9 Å². The third kappa shape index (κ3) is 5.83. The van der Waals surface area contributed by atoms with Crippen molar-refractivity contribution in [2.75, 3.05) is 20.3 Å². The summed E-state index contributed by atoms with van der Waals surface area (Å²) in [6, 6.07) is 5.64. The first-order chi connectivity index (χ1) is 10.2. The number of thiocarbonyl (C=S) groups is 1. The van der Waals surface area contributed by atoms with Gasteiger partial charge in [-0.1, -0.05) is 19.1 Å². The van der Waals surface area contributed by atoms with Gasteiger partial charge in [-0.05, 0) is 30.8 Å². The van der Waals surface area contributed by atoms with E-state index >= 15 is 0 Å². The molecular formula is C15H21N3O2S. The molecule has 0 saturated heterocycles. The highest BCUT2D eigenvalue weighted by Crippen LogP contribution is 2.30. The summed E-state index contributed by atoms with van der Waals surface area (Å²) < 4.78 is 11.0. The average Bonchev–Trinajstić information content (AvgIpc) is 2.51. The van der Waals surface area contributed by atoms with Crippen LogP contribution in [0.3, 0.4) is 0 Å². The van der Waals surface area contributed by atoms with Crippen molar-refractivity contribution in [2.45, 2.75) is 13.3 Å². The highest BCUT2D eigenvalue weighted by atomic mass is 32.1. The molecule has 0 aliphatic heterocycles. The topological polar surface area (TPSA) is 54.9 Å². The van der Waals surface area contributed by atoms with Crippen LogP contribution in [0.25, 0.3) is 0 Å². The van der Waals surface area contributed by atoms with Gasteiger partial charge in [0.2, 0.25) is 0 Å². The molecule has 0 unspecified atom stereocenters. The SMILES string of the molecule is C=CCNC(=S)N/N=C/c1cccc(OC)c1OCCC. The molecular weight excluding hydrogens is 286 g/mol. The van der Waals surface area contributed by atoms with Crippen molar-refractivity contribution in [2.24, 2.45) is 5.10 Å². The molecule has 2 N–H and O–H groups in total. The van der Waals surface area contributed by atoms with Gasteiger partial charge < -0.3 is 14.8 Å². The standard InChI is InChI=1S/C15H21N3O2S/c1-4-9-16-15(21)18-17-11-12-7-6-8-13(19-3)14(12)20-10-5-2/h4,6-8,11H,1,5,9-10H2,2-3H3,(H2,16,18,21)/b17-11+. The van der Waals surface area contributed by atoms with Crippen LogP contribution >= 0.6 is 12.2 Å². The second kappa shape index (κ2) is 9.77. The second-order valence-electron chi connectivity index (χ2n) is 4.10. The zero-order chi connectivity index (χ0) is 15.5. The molecule has 0 amide bonds. The Hall–Kier alpha value is -2.08. The lowest BCUT2D eigenvalue weighted by atomic mass is 10.2. The molecule has 6 heteroatoms. The Labute approximate surface area is 131 Å². The molecule has 0 aromatic heterocycles. The van der Waals surface area contributed by atoms with Crippen LogP contribution in [0.15, 0.2) is 36.0 Å². The molecule has 21 heavy (non-hydrogen) atoms. The third-order valence-electron chi connectivity index (χ3n) is 2.46. The second-order valence-corrected chi connectivity index (χ2v) is 4.50. The summed E-state index contributed by atoms with van der Waals surface area (Å²) in [4.78, 5) is 0. The van der Waals surface area contributed by atoms with Crippen molar-refractivity contribution in [3.63, 3.8) is 0 Å². The average molecular weight is 307 g/mol. The maximum atomic E-state index is 5.73. The van der Waals surface area contributed by atoms with Gasteiger partial charge in [-0.2, -0.15) is 5.10 Å². The maximum absolute atomic E-state index is 5.73. The number of benzene rings is 1. The minimum absolute atomic E-state index is 0.435. The highest BCUT2D eigenvalue weighted by Gasteiger charge is 2.08. The first kappa shape index (κ1) is 17.0. The van der Waals surface area contributed by atoms with Gasteiger partial charge in [0.15, 0.2) is 16.6 Å². The Bertz CT molecular complexity index is 504. The van der Waals surface area contributed by atoms with Crippen LogP contribution in [0.4, 0.5) is 0 Å². The maximum Gasteiger partial charge on any atom is 0.187 e. The predicted molar refractivity (Wildman–Crippen MR) is 90.3 cm³/mol. The Kier molecular flexibility index (Phi) is 7.89. The number of hydrogen-bond acceptors (Lipinski definition) is 4. The summed E-state index contributed by atoms with van der Waals surface area (Å²) in [5.41, 5.74) is 3.55. The number of nitrogens with one attached hydrogen (secondary N) is 2. The minimum atomic E-state index is 0.435. The molecule has 0 spiro atoms. The molecule has 114 valence electrons. The van der Waals surface area contributed by atoms with Gasteiger partial charge in [0.25, 0.3) is 0 Å². The number of hydrazone groups is 1. The van der Waals surface area contributed by atoms with Gasteiger partial charge in [0, 0.05) is 12.1 Å². The van der Waals surface area contributed by atoms with Crippen LogP contribution in [0, 0.1) is 0 Å². The lowest BCUT2D eigenvalue weighted by Crippen LogP contribution is -2.31. The van der Waals surface area contributed by atoms with Crippen LogP contribution < -0.4 is 20.2 Å². The molecule has 1 rings (SSSR count). The Balaban J connectivity index is 2.76. The number of para-hydroxylation sites is 1. The summed E-state index contributed by atoms with van der Waals surface area (Å²) in [5.74, 6) is 1.36. The molecule has 0 heterocycles. The van der Waals surface area contributed by atoms with Gasteiger partial charge >= 0.3 is 0 Å². The number of ether oxygens (including phenoxy) is 2. The smallest absolute Gasteiger partial charge is 0.187 e. The summed E-state index contributed by atoms with van der Waals surface area (Å²) in [7, 11) is 1.61. The van der Waals surface area contributed by atoms with Crippen LogP contribution in [-0.2, 0) is 0 Å². The van der Waals surface area contributed by atoms with Crippen molar-refractivity contribution in [1.29, 1.82) is 0 Å². The van der Waals surface area contributed by atoms with Gasteiger partial charge in [-0.15, -0.1) is 6.58 Å². The molecule has 1 aromatic rings. The molecule has 0 fully saturated rings. The normalized spacial score (nSPS) is 10.2. The number of hydrogen-bond donors (Lipinski definition) is 2. The quantitative estimate of drug-likeness (QED) is 0.334. The van der Waals surface area contributed by atoms with Crippen LogP contribution in [0.1, 0.15) is 18.9 Å². The fourth-order valence-electron chi connectivity index (χ4n) is 1.52. The monoisotopic (exact) mass is 307 g/mol. The molecule has 0 bridgehead atoms. The summed E-state index contributed by atoms with van der Waals surface area (Å²) >= 11 is 5.05. The van der Waals surface area contributed by atoms with E-state index in [4.69, 9.17) is 21.7 Å². The molecule has 0 aliphatic carbocycles. The zero-order valence-corrected chi connectivity index (χ0v) is 13.2. The number of nitrogens with zero attached hydrogens (tertiary/aromatic N) is 1. The highest BCUT2D eigenvalue weighted by molar-refractivity contribution is 7.80. The molecule has 0 radical (unpaired) electrons. The molecule has 0 saturated carbocycles. The molecule has 5 nitrogen and oxygen atoms in total. The van der Waals surface area contributed by atoms with E-state index in [-0.39, 0.29) is 0 Å². The van der Waals surface area contributed by atoms with E-state index in [2.05, 4.69) is 29.3 Å². The minimum Gasteiger partial charge on any atom is -0.493 e. The van der Waals surface area contributed by atoms with Crippen molar-refractivity contribution in [3.8, 4) is 11.5 Å². The zero-order valence-electron chi connectivity index (χ0n) is 12.4. The Morgan fingerprint density at radius 3 is 2.95 bits per heavy atom. The first-order valence-corrected chi connectivity index (χ1v) is 7.11. The Morgan fingerprint density at radius 1 is 1.48 bits per heavy atom. The van der Waals surface area contributed by atoms with E-state index in [9.17, 15) is 0 Å². The fourth-order valence-corrected chi connectivity index (χ4v) is 1.65. The molecule has 0 aliphatic rings. The van der Waals surface area contributed by atoms with Gasteiger partial charge in [-0.3, -0.25) is 5.43 Å². The van der Waals surface area contributed by atoms with E-state index in [1.54, 1.807) is 19.4 Å². The van der Waals surface area contributed by atoms with Crippen LogP contribution in [0.5, 0.6) is 11.5 Å². The van der Waals surface area contributed by atoms with Crippen molar-refractivity contribution < 1.29 is 9.47 Å². The van der Waals surface area contributed by atoms with Crippen molar-refractivity contribution in [1.82, 2.24) is 10.7 Å². The van der Waals surface area contributed by atoms with Crippen molar-refractivity contribution in [3.05, 3.63) is 36.4 Å². The lowest BCUT2D eigenvalue weighted by molar-refractivity contribution is 0.294. The largest absolute Gasteiger partial charge is 0.493 e. The molecule has 0 atom stereocenters.